The summed E-state index contributed by atoms with van der Waals surface area (Å²) in [6.07, 6.45) is 3.76. The van der Waals surface area contributed by atoms with E-state index >= 15 is 0 Å². The molecule has 6 heteroatoms. The van der Waals surface area contributed by atoms with Crippen molar-refractivity contribution < 1.29 is 14.7 Å². The molecule has 1 saturated heterocycles. The van der Waals surface area contributed by atoms with E-state index < -0.39 is 5.97 Å². The van der Waals surface area contributed by atoms with E-state index in [1.807, 2.05) is 40.6 Å². The van der Waals surface area contributed by atoms with Crippen molar-refractivity contribution in [1.29, 1.82) is 0 Å². The zero-order valence-electron chi connectivity index (χ0n) is 12.5. The lowest BCUT2D eigenvalue weighted by atomic mass is 10.1. The fourth-order valence-electron chi connectivity index (χ4n) is 3.16. The maximum atomic E-state index is 12.3. The minimum Gasteiger partial charge on any atom is -0.481 e. The first-order valence-electron chi connectivity index (χ1n) is 7.52. The van der Waals surface area contributed by atoms with Crippen LogP contribution >= 0.6 is 0 Å². The summed E-state index contributed by atoms with van der Waals surface area (Å²) in [4.78, 5) is 29.2. The van der Waals surface area contributed by atoms with Crippen molar-refractivity contribution in [3.05, 3.63) is 35.8 Å². The van der Waals surface area contributed by atoms with E-state index in [9.17, 15) is 9.59 Å². The zero-order valence-corrected chi connectivity index (χ0v) is 12.5. The highest BCUT2D eigenvalue weighted by molar-refractivity contribution is 5.81. The molecule has 0 aliphatic carbocycles. The number of hydrogen-bond acceptors (Lipinski definition) is 3. The predicted molar refractivity (Wildman–Crippen MR) is 80.5 cm³/mol. The summed E-state index contributed by atoms with van der Waals surface area (Å²) in [6.45, 7) is 2.63. The number of carboxylic acids is 1. The van der Waals surface area contributed by atoms with Gasteiger partial charge in [-0.15, -0.1) is 0 Å². The SMILES string of the molecule is Cc1cn2c([C@@H]3CCCN3C(=O)CCC(=O)O)cccc2n1. The van der Waals surface area contributed by atoms with Crippen LogP contribution in [0.15, 0.2) is 24.4 Å². The Labute approximate surface area is 128 Å². The molecule has 1 fully saturated rings. The number of imidazole rings is 1. The van der Waals surface area contributed by atoms with Crippen molar-refractivity contribution in [2.75, 3.05) is 6.54 Å². The molecule has 0 bridgehead atoms. The smallest absolute Gasteiger partial charge is 0.303 e. The van der Waals surface area contributed by atoms with Gasteiger partial charge in [0, 0.05) is 24.9 Å². The Morgan fingerprint density at radius 3 is 2.95 bits per heavy atom. The van der Waals surface area contributed by atoms with E-state index in [2.05, 4.69) is 4.98 Å². The van der Waals surface area contributed by atoms with Crippen molar-refractivity contribution in [3.8, 4) is 0 Å². The fourth-order valence-corrected chi connectivity index (χ4v) is 3.16. The van der Waals surface area contributed by atoms with Gasteiger partial charge in [-0.2, -0.15) is 0 Å². The highest BCUT2D eigenvalue weighted by Crippen LogP contribution is 2.33. The van der Waals surface area contributed by atoms with Crippen molar-refractivity contribution in [2.24, 2.45) is 0 Å². The quantitative estimate of drug-likeness (QED) is 0.939. The van der Waals surface area contributed by atoms with Crippen LogP contribution in [0.3, 0.4) is 0 Å². The zero-order chi connectivity index (χ0) is 15.7. The van der Waals surface area contributed by atoms with E-state index in [0.717, 1.165) is 29.9 Å². The van der Waals surface area contributed by atoms with Crippen molar-refractivity contribution in [2.45, 2.75) is 38.6 Å². The average Bonchev–Trinajstić information content (AvgIpc) is 3.09. The third-order valence-corrected chi connectivity index (χ3v) is 4.11. The van der Waals surface area contributed by atoms with Gasteiger partial charge < -0.3 is 14.4 Å². The number of aliphatic carboxylic acids is 1. The van der Waals surface area contributed by atoms with Crippen LogP contribution in [0.4, 0.5) is 0 Å². The number of carbonyl (C=O) groups is 2. The highest BCUT2D eigenvalue weighted by atomic mass is 16.4. The molecule has 2 aromatic rings. The number of aryl methyl sites for hydroxylation is 1. The second-order valence-electron chi connectivity index (χ2n) is 5.70. The van der Waals surface area contributed by atoms with Gasteiger partial charge in [-0.3, -0.25) is 9.59 Å². The lowest BCUT2D eigenvalue weighted by Crippen LogP contribution is -2.31. The maximum absolute atomic E-state index is 12.3. The van der Waals surface area contributed by atoms with Gasteiger partial charge in [0.2, 0.25) is 5.91 Å². The van der Waals surface area contributed by atoms with E-state index in [4.69, 9.17) is 5.11 Å². The lowest BCUT2D eigenvalue weighted by molar-refractivity contribution is -0.141. The minimum absolute atomic E-state index is 0.00130. The number of carboxylic acid groups (broad SMARTS) is 1. The molecule has 1 N–H and O–H groups in total. The summed E-state index contributed by atoms with van der Waals surface area (Å²) in [5, 5.41) is 8.75. The number of rotatable bonds is 4. The van der Waals surface area contributed by atoms with Crippen LogP contribution in [0.1, 0.15) is 43.1 Å². The Balaban J connectivity index is 1.88. The summed E-state index contributed by atoms with van der Waals surface area (Å²) in [5.74, 6) is -1.02. The number of fused-ring (bicyclic) bond motifs is 1. The summed E-state index contributed by atoms with van der Waals surface area (Å²) in [5.41, 5.74) is 2.85. The lowest BCUT2D eigenvalue weighted by Gasteiger charge is -2.25. The number of amides is 1. The molecular weight excluding hydrogens is 282 g/mol. The minimum atomic E-state index is -0.934. The van der Waals surface area contributed by atoms with Crippen molar-refractivity contribution in [3.63, 3.8) is 0 Å². The topological polar surface area (TPSA) is 74.9 Å². The third kappa shape index (κ3) is 2.68. The molecule has 1 aliphatic rings. The Bertz CT molecular complexity index is 722. The van der Waals surface area contributed by atoms with Crippen LogP contribution in [-0.4, -0.2) is 37.8 Å². The molecular formula is C16H19N3O3. The molecule has 3 rings (SSSR count). The first kappa shape index (κ1) is 14.6. The molecule has 0 radical (unpaired) electrons. The largest absolute Gasteiger partial charge is 0.481 e. The van der Waals surface area contributed by atoms with Gasteiger partial charge in [0.05, 0.1) is 18.2 Å². The van der Waals surface area contributed by atoms with Gasteiger partial charge in [0.15, 0.2) is 0 Å². The first-order valence-corrected chi connectivity index (χ1v) is 7.52. The van der Waals surface area contributed by atoms with Crippen LogP contribution in [0.25, 0.3) is 5.65 Å². The fraction of sp³-hybridized carbons (Fsp3) is 0.438. The van der Waals surface area contributed by atoms with Crippen molar-refractivity contribution >= 4 is 17.5 Å². The van der Waals surface area contributed by atoms with Crippen LogP contribution in [0, 0.1) is 6.92 Å². The monoisotopic (exact) mass is 301 g/mol. The molecule has 3 heterocycles. The predicted octanol–water partition coefficient (Wildman–Crippen LogP) is 2.17. The molecule has 0 saturated carbocycles. The van der Waals surface area contributed by atoms with Gasteiger partial charge in [-0.05, 0) is 31.9 Å². The van der Waals surface area contributed by atoms with Gasteiger partial charge in [0.1, 0.15) is 5.65 Å². The average molecular weight is 301 g/mol. The van der Waals surface area contributed by atoms with Gasteiger partial charge in [0.25, 0.3) is 0 Å². The standard InChI is InChI=1S/C16H19N3O3/c1-11-10-19-13(4-2-6-14(19)17-11)12-5-3-9-18(12)15(20)7-8-16(21)22/h2,4,6,10,12H,3,5,7-9H2,1H3,(H,21,22)/t12-/m0/s1. The molecule has 1 aliphatic heterocycles. The normalized spacial score (nSPS) is 18.0. The van der Waals surface area contributed by atoms with Gasteiger partial charge in [-0.25, -0.2) is 4.98 Å². The molecule has 1 amide bonds. The summed E-state index contributed by atoms with van der Waals surface area (Å²) in [6, 6.07) is 5.91. The second kappa shape index (κ2) is 5.79. The second-order valence-corrected chi connectivity index (χ2v) is 5.70. The van der Waals surface area contributed by atoms with Crippen LogP contribution in [0.2, 0.25) is 0 Å². The number of pyridine rings is 1. The molecule has 116 valence electrons. The van der Waals surface area contributed by atoms with E-state index in [0.29, 0.717) is 6.54 Å². The number of hydrogen-bond donors (Lipinski definition) is 1. The molecule has 1 atom stereocenters. The molecule has 2 aromatic heterocycles. The maximum Gasteiger partial charge on any atom is 0.303 e. The molecule has 22 heavy (non-hydrogen) atoms. The van der Waals surface area contributed by atoms with E-state index in [1.165, 1.54) is 0 Å². The summed E-state index contributed by atoms with van der Waals surface area (Å²) < 4.78 is 2.03. The van der Waals surface area contributed by atoms with Crippen LogP contribution < -0.4 is 0 Å². The number of likely N-dealkylation sites (tertiary alicyclic amines) is 1. The molecule has 0 unspecified atom stereocenters. The third-order valence-electron chi connectivity index (χ3n) is 4.11. The summed E-state index contributed by atoms with van der Waals surface area (Å²) in [7, 11) is 0. The van der Waals surface area contributed by atoms with E-state index in [-0.39, 0.29) is 24.8 Å². The van der Waals surface area contributed by atoms with Crippen LogP contribution in [-0.2, 0) is 9.59 Å². The highest BCUT2D eigenvalue weighted by Gasteiger charge is 2.31. The number of nitrogens with zero attached hydrogens (tertiary/aromatic N) is 3. The van der Waals surface area contributed by atoms with Crippen LogP contribution in [0.5, 0.6) is 0 Å². The van der Waals surface area contributed by atoms with E-state index in [1.54, 1.807) is 0 Å². The Morgan fingerprint density at radius 1 is 1.36 bits per heavy atom. The Hall–Kier alpha value is -2.37. The number of aromatic nitrogens is 2. The Morgan fingerprint density at radius 2 is 2.18 bits per heavy atom. The van der Waals surface area contributed by atoms with Gasteiger partial charge >= 0.3 is 5.97 Å². The van der Waals surface area contributed by atoms with Crippen molar-refractivity contribution in [1.82, 2.24) is 14.3 Å². The number of carbonyl (C=O) groups excluding carboxylic acids is 1. The summed E-state index contributed by atoms with van der Waals surface area (Å²) >= 11 is 0. The first-order chi connectivity index (χ1) is 10.6. The molecule has 6 nitrogen and oxygen atoms in total. The molecule has 0 aromatic carbocycles. The van der Waals surface area contributed by atoms with Gasteiger partial charge in [-0.1, -0.05) is 6.07 Å². The molecule has 0 spiro atoms. The Kier molecular flexibility index (Phi) is 3.83.